The molecule has 4 saturated carbocycles. The lowest BCUT2D eigenvalue weighted by Crippen LogP contribution is -2.50. The van der Waals surface area contributed by atoms with Crippen LogP contribution in [0.1, 0.15) is 44.9 Å². The van der Waals surface area contributed by atoms with Gasteiger partial charge in [0.25, 0.3) is 0 Å². The van der Waals surface area contributed by atoms with Gasteiger partial charge in [-0.1, -0.05) is 0 Å². The van der Waals surface area contributed by atoms with Gasteiger partial charge in [-0.05, 0) is 61.7 Å². The minimum absolute atomic E-state index is 0.0357. The Morgan fingerprint density at radius 2 is 1.71 bits per heavy atom. The van der Waals surface area contributed by atoms with Gasteiger partial charge in [0.2, 0.25) is 5.91 Å². The van der Waals surface area contributed by atoms with Crippen LogP contribution in [0.15, 0.2) is 0 Å². The summed E-state index contributed by atoms with van der Waals surface area (Å²) in [5.74, 6) is 2.94. The summed E-state index contributed by atoms with van der Waals surface area (Å²) in [5.41, 5.74) is 0.303. The van der Waals surface area contributed by atoms with Crippen LogP contribution < -0.4 is 5.32 Å². The van der Waals surface area contributed by atoms with Crippen LogP contribution in [0.2, 0.25) is 0 Å². The molecule has 1 amide bonds. The SMILES string of the molecule is CN(C(=O)CC12CC3CC(CC(C3)C1)C2)[C@@H]1CNC[C@H]1O. The van der Waals surface area contributed by atoms with E-state index in [1.165, 1.54) is 38.5 Å². The molecule has 1 heterocycles. The minimum Gasteiger partial charge on any atom is -0.390 e. The molecule has 5 rings (SSSR count). The van der Waals surface area contributed by atoms with E-state index in [0.29, 0.717) is 12.0 Å². The van der Waals surface area contributed by atoms with E-state index in [4.69, 9.17) is 0 Å². The Balaban J connectivity index is 1.44. The zero-order chi connectivity index (χ0) is 14.6. The van der Waals surface area contributed by atoms with Crippen molar-refractivity contribution in [3.05, 3.63) is 0 Å². The lowest BCUT2D eigenvalue weighted by molar-refractivity contribution is -0.141. The van der Waals surface area contributed by atoms with Crippen molar-refractivity contribution >= 4 is 5.91 Å². The maximum atomic E-state index is 12.7. The zero-order valence-corrected chi connectivity index (χ0v) is 13.1. The lowest BCUT2D eigenvalue weighted by atomic mass is 9.49. The second-order valence-corrected chi connectivity index (χ2v) is 8.39. The Labute approximate surface area is 127 Å². The van der Waals surface area contributed by atoms with E-state index in [-0.39, 0.29) is 11.9 Å². The molecule has 0 aromatic heterocycles. The third-order valence-electron chi connectivity index (χ3n) is 6.73. The summed E-state index contributed by atoms with van der Waals surface area (Å²) in [6.07, 6.45) is 8.43. The minimum atomic E-state index is -0.407. The summed E-state index contributed by atoms with van der Waals surface area (Å²) < 4.78 is 0. The van der Waals surface area contributed by atoms with Crippen LogP contribution in [0.25, 0.3) is 0 Å². The third kappa shape index (κ3) is 2.40. The summed E-state index contributed by atoms with van der Waals surface area (Å²) in [7, 11) is 1.88. The number of hydrogen-bond donors (Lipinski definition) is 2. The number of nitrogens with one attached hydrogen (secondary N) is 1. The highest BCUT2D eigenvalue weighted by molar-refractivity contribution is 5.77. The van der Waals surface area contributed by atoms with Gasteiger partial charge in [-0.25, -0.2) is 0 Å². The molecule has 4 aliphatic carbocycles. The predicted octanol–water partition coefficient (Wildman–Crippen LogP) is 1.38. The molecule has 118 valence electrons. The molecular formula is C17H28N2O2. The van der Waals surface area contributed by atoms with Crippen molar-refractivity contribution in [2.75, 3.05) is 20.1 Å². The summed E-state index contributed by atoms with van der Waals surface area (Å²) >= 11 is 0. The molecule has 0 unspecified atom stereocenters. The number of aliphatic hydroxyl groups excluding tert-OH is 1. The van der Waals surface area contributed by atoms with Crippen LogP contribution in [-0.4, -0.2) is 48.2 Å². The smallest absolute Gasteiger partial charge is 0.223 e. The van der Waals surface area contributed by atoms with Crippen molar-refractivity contribution in [3.8, 4) is 0 Å². The number of carbonyl (C=O) groups excluding carboxylic acids is 1. The molecule has 0 aromatic rings. The predicted molar refractivity (Wildman–Crippen MR) is 80.7 cm³/mol. The van der Waals surface area contributed by atoms with Crippen molar-refractivity contribution in [2.24, 2.45) is 23.2 Å². The second-order valence-electron chi connectivity index (χ2n) is 8.39. The molecular weight excluding hydrogens is 264 g/mol. The maximum Gasteiger partial charge on any atom is 0.223 e. The molecule has 1 saturated heterocycles. The van der Waals surface area contributed by atoms with Crippen LogP contribution in [-0.2, 0) is 4.79 Å². The first-order valence-corrected chi connectivity index (χ1v) is 8.69. The van der Waals surface area contributed by atoms with Crippen molar-refractivity contribution in [3.63, 3.8) is 0 Å². The molecule has 0 radical (unpaired) electrons. The summed E-state index contributed by atoms with van der Waals surface area (Å²) in [6.45, 7) is 1.34. The molecule has 4 bridgehead atoms. The van der Waals surface area contributed by atoms with Crippen LogP contribution in [0.4, 0.5) is 0 Å². The first-order valence-electron chi connectivity index (χ1n) is 8.69. The maximum absolute atomic E-state index is 12.7. The van der Waals surface area contributed by atoms with Crippen LogP contribution in [0, 0.1) is 23.2 Å². The Bertz CT molecular complexity index is 401. The Hall–Kier alpha value is -0.610. The Morgan fingerprint density at radius 3 is 2.19 bits per heavy atom. The van der Waals surface area contributed by atoms with Gasteiger partial charge in [0, 0.05) is 26.6 Å². The average Bonchev–Trinajstić information content (AvgIpc) is 2.81. The van der Waals surface area contributed by atoms with Crippen molar-refractivity contribution < 1.29 is 9.90 Å². The van der Waals surface area contributed by atoms with Crippen LogP contribution in [0.5, 0.6) is 0 Å². The molecule has 5 aliphatic rings. The van der Waals surface area contributed by atoms with Gasteiger partial charge < -0.3 is 15.3 Å². The number of nitrogens with zero attached hydrogens (tertiary/aromatic N) is 1. The van der Waals surface area contributed by atoms with Gasteiger partial charge in [-0.2, -0.15) is 0 Å². The van der Waals surface area contributed by atoms with Crippen LogP contribution in [0.3, 0.4) is 0 Å². The number of β-amino-alcohol motifs (C(OH)–C–C–N with tert-alkyl or cyclic N) is 1. The summed E-state index contributed by atoms with van der Waals surface area (Å²) in [4.78, 5) is 14.6. The topological polar surface area (TPSA) is 52.6 Å². The highest BCUT2D eigenvalue weighted by Crippen LogP contribution is 2.61. The zero-order valence-electron chi connectivity index (χ0n) is 13.1. The van der Waals surface area contributed by atoms with Gasteiger partial charge in [0.15, 0.2) is 0 Å². The lowest BCUT2D eigenvalue weighted by Gasteiger charge is -2.57. The quantitative estimate of drug-likeness (QED) is 0.826. The van der Waals surface area contributed by atoms with Gasteiger partial charge in [0.05, 0.1) is 12.1 Å². The second kappa shape index (κ2) is 4.95. The summed E-state index contributed by atoms with van der Waals surface area (Å²) in [5, 5.41) is 13.2. The number of likely N-dealkylation sites (N-methyl/N-ethyl adjacent to an activating group) is 1. The molecule has 4 heteroatoms. The number of hydrogen-bond acceptors (Lipinski definition) is 3. The molecule has 2 atom stereocenters. The number of carbonyl (C=O) groups is 1. The normalized spacial score (nSPS) is 47.8. The standard InChI is InChI=1S/C17H28N2O2/c1-19(14-9-18-10-15(14)20)16(21)8-17-5-11-2-12(6-17)4-13(3-11)7-17/h11-15,18,20H,2-10H2,1H3/t11?,12?,13?,14-,15-,17?/m1/s1. The number of amides is 1. The van der Waals surface area contributed by atoms with E-state index in [1.54, 1.807) is 0 Å². The summed E-state index contributed by atoms with van der Waals surface area (Å²) in [6, 6.07) is -0.0357. The Morgan fingerprint density at radius 1 is 1.14 bits per heavy atom. The first kappa shape index (κ1) is 14.0. The first-order chi connectivity index (χ1) is 10.0. The molecule has 5 fully saturated rings. The van der Waals surface area contributed by atoms with E-state index in [0.717, 1.165) is 30.7 Å². The van der Waals surface area contributed by atoms with Gasteiger partial charge >= 0.3 is 0 Å². The van der Waals surface area contributed by atoms with E-state index in [9.17, 15) is 9.90 Å². The van der Waals surface area contributed by atoms with Crippen molar-refractivity contribution in [1.82, 2.24) is 10.2 Å². The van der Waals surface area contributed by atoms with Crippen molar-refractivity contribution in [1.29, 1.82) is 0 Å². The van der Waals surface area contributed by atoms with E-state index < -0.39 is 6.10 Å². The fourth-order valence-electron chi connectivity index (χ4n) is 6.18. The number of rotatable bonds is 3. The molecule has 0 aromatic carbocycles. The van der Waals surface area contributed by atoms with Crippen molar-refractivity contribution in [2.45, 2.75) is 57.1 Å². The Kier molecular flexibility index (Phi) is 3.30. The largest absolute Gasteiger partial charge is 0.390 e. The average molecular weight is 292 g/mol. The van der Waals surface area contributed by atoms with Gasteiger partial charge in [-0.3, -0.25) is 4.79 Å². The fourth-order valence-corrected chi connectivity index (χ4v) is 6.18. The fraction of sp³-hybridized carbons (Fsp3) is 0.941. The highest BCUT2D eigenvalue weighted by Gasteiger charge is 2.52. The van der Waals surface area contributed by atoms with Crippen LogP contribution >= 0.6 is 0 Å². The number of aliphatic hydroxyl groups is 1. The molecule has 1 aliphatic heterocycles. The molecule has 4 nitrogen and oxygen atoms in total. The van der Waals surface area contributed by atoms with Gasteiger partial charge in [-0.15, -0.1) is 0 Å². The molecule has 0 spiro atoms. The third-order valence-corrected chi connectivity index (χ3v) is 6.73. The van der Waals surface area contributed by atoms with Gasteiger partial charge in [0.1, 0.15) is 0 Å². The highest BCUT2D eigenvalue weighted by atomic mass is 16.3. The molecule has 21 heavy (non-hydrogen) atoms. The monoisotopic (exact) mass is 292 g/mol. The van der Waals surface area contributed by atoms with E-state index >= 15 is 0 Å². The van der Waals surface area contributed by atoms with E-state index in [2.05, 4.69) is 5.32 Å². The van der Waals surface area contributed by atoms with E-state index in [1.807, 2.05) is 11.9 Å². The molecule has 2 N–H and O–H groups in total.